The number of aliphatic hydroxyl groups excluding tert-OH is 1. The van der Waals surface area contributed by atoms with Crippen LogP contribution >= 0.6 is 0 Å². The van der Waals surface area contributed by atoms with Crippen LogP contribution in [0.2, 0.25) is 0 Å². The van der Waals surface area contributed by atoms with E-state index in [2.05, 4.69) is 0 Å². The number of piperidine rings is 1. The van der Waals surface area contributed by atoms with Crippen LogP contribution in [0.4, 0.5) is 0 Å². The zero-order valence-electron chi connectivity index (χ0n) is 21.2. The van der Waals surface area contributed by atoms with Crippen molar-refractivity contribution >= 4 is 17.7 Å². The van der Waals surface area contributed by atoms with Gasteiger partial charge in [-0.2, -0.15) is 0 Å². The molecule has 2 aromatic carbocycles. The summed E-state index contributed by atoms with van der Waals surface area (Å²) >= 11 is 0. The number of carbonyl (C=O) groups excluding carboxylic acids is 3. The number of aliphatic hydroxyl groups is 1. The first-order valence-electron chi connectivity index (χ1n) is 12.8. The van der Waals surface area contributed by atoms with Crippen molar-refractivity contribution in [2.24, 2.45) is 5.92 Å². The number of aryl methyl sites for hydroxylation is 1. The Kier molecular flexibility index (Phi) is 8.21. The average molecular weight is 493 g/mol. The highest BCUT2D eigenvalue weighted by molar-refractivity contribution is 6.11. The van der Waals surface area contributed by atoms with Gasteiger partial charge in [-0.1, -0.05) is 54.6 Å². The van der Waals surface area contributed by atoms with Crippen LogP contribution in [0.15, 0.2) is 54.6 Å². The number of imide groups is 1. The van der Waals surface area contributed by atoms with Crippen LogP contribution in [-0.4, -0.2) is 72.1 Å². The number of rotatable bonds is 9. The summed E-state index contributed by atoms with van der Waals surface area (Å²) in [6, 6.07) is 17.5. The fourth-order valence-corrected chi connectivity index (χ4v) is 5.69. The lowest BCUT2D eigenvalue weighted by Gasteiger charge is -2.36. The fourth-order valence-electron chi connectivity index (χ4n) is 5.69. The normalized spacial score (nSPS) is 21.8. The summed E-state index contributed by atoms with van der Waals surface area (Å²) in [6.07, 6.45) is 1.52. The van der Waals surface area contributed by atoms with Crippen molar-refractivity contribution in [3.63, 3.8) is 0 Å². The van der Waals surface area contributed by atoms with Crippen LogP contribution in [0.1, 0.15) is 42.4 Å². The van der Waals surface area contributed by atoms with Crippen LogP contribution in [0.5, 0.6) is 0 Å². The Balaban J connectivity index is 1.46. The maximum atomic E-state index is 13.7. The zero-order chi connectivity index (χ0) is 25.7. The highest BCUT2D eigenvalue weighted by atomic mass is 16.5. The molecule has 2 unspecified atom stereocenters. The summed E-state index contributed by atoms with van der Waals surface area (Å²) in [4.78, 5) is 43.2. The number of likely N-dealkylation sites (tertiary alicyclic amines) is 2. The number of nitrogens with zero attached hydrogens (tertiary/aromatic N) is 2. The van der Waals surface area contributed by atoms with E-state index < -0.39 is 11.5 Å². The zero-order valence-corrected chi connectivity index (χ0v) is 21.2. The minimum Gasteiger partial charge on any atom is -0.392 e. The van der Waals surface area contributed by atoms with Gasteiger partial charge < -0.3 is 14.7 Å². The Hall–Kier alpha value is -3.03. The van der Waals surface area contributed by atoms with Gasteiger partial charge in [-0.05, 0) is 48.8 Å². The third-order valence-corrected chi connectivity index (χ3v) is 7.77. The van der Waals surface area contributed by atoms with E-state index >= 15 is 0 Å². The van der Waals surface area contributed by atoms with Crippen molar-refractivity contribution in [1.29, 1.82) is 0 Å². The SMILES string of the molecule is COCCN1C(=O)CC(CC(=O)N2CCC(C(O)Cc3ccccc3)CC2)(c2ccccc2C)C1=O. The molecule has 4 rings (SSSR count). The van der Waals surface area contributed by atoms with Crippen molar-refractivity contribution < 1.29 is 24.2 Å². The van der Waals surface area contributed by atoms with E-state index in [9.17, 15) is 19.5 Å². The standard InChI is InChI=1S/C29H36N2O5/c1-21-8-6-7-11-24(21)29(20-27(34)31(28(29)35)16-17-36-2)19-26(33)30-14-12-23(13-15-30)25(32)18-22-9-4-3-5-10-22/h3-11,23,25,32H,12-20H2,1-2H3. The summed E-state index contributed by atoms with van der Waals surface area (Å²) in [6.45, 7) is 3.43. The van der Waals surface area contributed by atoms with Crippen LogP contribution in [-0.2, 0) is 31.0 Å². The van der Waals surface area contributed by atoms with Gasteiger partial charge in [0.1, 0.15) is 0 Å². The molecule has 0 saturated carbocycles. The second-order valence-electron chi connectivity index (χ2n) is 10.1. The van der Waals surface area contributed by atoms with E-state index in [-0.39, 0.29) is 49.6 Å². The van der Waals surface area contributed by atoms with Gasteiger partial charge in [-0.3, -0.25) is 19.3 Å². The molecule has 2 heterocycles. The lowest BCUT2D eigenvalue weighted by molar-refractivity contribution is -0.143. The average Bonchev–Trinajstić information content (AvgIpc) is 3.12. The van der Waals surface area contributed by atoms with Crippen molar-refractivity contribution in [1.82, 2.24) is 9.80 Å². The molecule has 2 aliphatic rings. The van der Waals surface area contributed by atoms with Gasteiger partial charge in [0.2, 0.25) is 17.7 Å². The molecule has 7 nitrogen and oxygen atoms in total. The Morgan fingerprint density at radius 2 is 1.75 bits per heavy atom. The molecular weight excluding hydrogens is 456 g/mol. The monoisotopic (exact) mass is 492 g/mol. The van der Waals surface area contributed by atoms with Crippen LogP contribution in [0.25, 0.3) is 0 Å². The van der Waals surface area contributed by atoms with E-state index in [0.29, 0.717) is 32.4 Å². The smallest absolute Gasteiger partial charge is 0.240 e. The maximum absolute atomic E-state index is 13.7. The minimum atomic E-state index is -1.20. The molecule has 192 valence electrons. The number of hydrogen-bond acceptors (Lipinski definition) is 5. The molecule has 1 N–H and O–H groups in total. The summed E-state index contributed by atoms with van der Waals surface area (Å²) in [5, 5.41) is 10.8. The third-order valence-electron chi connectivity index (χ3n) is 7.77. The Bertz CT molecular complexity index is 1080. The molecule has 0 spiro atoms. The molecule has 0 bridgehead atoms. The lowest BCUT2D eigenvalue weighted by Crippen LogP contribution is -2.47. The number of ether oxygens (including phenoxy) is 1. The highest BCUT2D eigenvalue weighted by Gasteiger charge is 2.54. The lowest BCUT2D eigenvalue weighted by atomic mass is 9.73. The number of methoxy groups -OCH3 is 1. The van der Waals surface area contributed by atoms with Crippen molar-refractivity contribution in [3.05, 3.63) is 71.3 Å². The first kappa shape index (κ1) is 26.0. The Morgan fingerprint density at radius 3 is 2.42 bits per heavy atom. The first-order valence-corrected chi connectivity index (χ1v) is 12.8. The molecule has 0 aliphatic carbocycles. The largest absolute Gasteiger partial charge is 0.392 e. The molecule has 3 amide bonds. The summed E-state index contributed by atoms with van der Waals surface area (Å²) in [5.41, 5.74) is 1.54. The molecule has 36 heavy (non-hydrogen) atoms. The maximum Gasteiger partial charge on any atom is 0.240 e. The molecule has 2 aromatic rings. The summed E-state index contributed by atoms with van der Waals surface area (Å²) < 4.78 is 5.10. The van der Waals surface area contributed by atoms with Gasteiger partial charge in [0, 0.05) is 33.0 Å². The van der Waals surface area contributed by atoms with Gasteiger partial charge in [0.15, 0.2) is 0 Å². The van der Waals surface area contributed by atoms with E-state index in [0.717, 1.165) is 16.7 Å². The number of hydrogen-bond donors (Lipinski definition) is 1. The Morgan fingerprint density at radius 1 is 1.08 bits per heavy atom. The van der Waals surface area contributed by atoms with Gasteiger partial charge in [-0.25, -0.2) is 0 Å². The predicted octanol–water partition coefficient (Wildman–Crippen LogP) is 2.87. The molecule has 7 heteroatoms. The molecule has 2 aliphatic heterocycles. The quantitative estimate of drug-likeness (QED) is 0.544. The topological polar surface area (TPSA) is 87.2 Å². The van der Waals surface area contributed by atoms with E-state index in [1.165, 1.54) is 12.0 Å². The molecule has 2 saturated heterocycles. The molecule has 0 aromatic heterocycles. The summed E-state index contributed by atoms with van der Waals surface area (Å²) in [5.74, 6) is -0.584. The first-order chi connectivity index (χ1) is 17.4. The van der Waals surface area contributed by atoms with E-state index in [1.807, 2.05) is 61.5 Å². The van der Waals surface area contributed by atoms with E-state index in [4.69, 9.17) is 4.74 Å². The van der Waals surface area contributed by atoms with Crippen LogP contribution < -0.4 is 0 Å². The number of benzene rings is 2. The molecule has 2 atom stereocenters. The van der Waals surface area contributed by atoms with Crippen molar-refractivity contribution in [3.8, 4) is 0 Å². The highest BCUT2D eigenvalue weighted by Crippen LogP contribution is 2.42. The number of amides is 3. The Labute approximate surface area is 213 Å². The van der Waals surface area contributed by atoms with Crippen LogP contribution in [0, 0.1) is 12.8 Å². The predicted molar refractivity (Wildman–Crippen MR) is 136 cm³/mol. The van der Waals surface area contributed by atoms with Crippen molar-refractivity contribution in [2.75, 3.05) is 33.4 Å². The minimum absolute atomic E-state index is 0.0155. The van der Waals surface area contributed by atoms with E-state index in [1.54, 1.807) is 4.90 Å². The summed E-state index contributed by atoms with van der Waals surface area (Å²) in [7, 11) is 1.53. The van der Waals surface area contributed by atoms with Crippen LogP contribution in [0.3, 0.4) is 0 Å². The molecule has 0 radical (unpaired) electrons. The number of carbonyl (C=O) groups is 3. The fraction of sp³-hybridized carbons (Fsp3) is 0.483. The van der Waals surface area contributed by atoms with Gasteiger partial charge in [0.25, 0.3) is 0 Å². The third kappa shape index (κ3) is 5.37. The van der Waals surface area contributed by atoms with Gasteiger partial charge >= 0.3 is 0 Å². The second kappa shape index (κ2) is 11.4. The second-order valence-corrected chi connectivity index (χ2v) is 10.1. The molecule has 2 fully saturated rings. The van der Waals surface area contributed by atoms with Gasteiger partial charge in [0.05, 0.1) is 24.7 Å². The van der Waals surface area contributed by atoms with Crippen molar-refractivity contribution in [2.45, 2.75) is 50.5 Å². The molecular formula is C29H36N2O5. The van der Waals surface area contributed by atoms with Gasteiger partial charge in [-0.15, -0.1) is 0 Å².